The van der Waals surface area contributed by atoms with Crippen LogP contribution in [-0.4, -0.2) is 55.1 Å². The standard InChI is InChI=1S/C17H33NO4/c1-14(2)13-20-11-12-21-17(6)7-9-18(10-8-17)15(19)22-16(3,4)5/h14H,7-13H2,1-6H3. The van der Waals surface area contributed by atoms with Crippen LogP contribution in [0.5, 0.6) is 0 Å². The zero-order chi connectivity index (χ0) is 16.8. The Bertz CT molecular complexity index is 341. The molecule has 0 aliphatic carbocycles. The molecule has 5 heteroatoms. The first-order valence-electron chi connectivity index (χ1n) is 8.31. The summed E-state index contributed by atoms with van der Waals surface area (Å²) in [6.45, 7) is 15.4. The molecule has 1 heterocycles. The molecule has 0 saturated carbocycles. The number of nitrogens with zero attached hydrogens (tertiary/aromatic N) is 1. The zero-order valence-corrected chi connectivity index (χ0v) is 15.1. The molecule has 130 valence electrons. The summed E-state index contributed by atoms with van der Waals surface area (Å²) in [4.78, 5) is 13.8. The molecule has 0 unspecified atom stereocenters. The maximum Gasteiger partial charge on any atom is 0.410 e. The molecule has 1 aliphatic heterocycles. The van der Waals surface area contributed by atoms with Crippen molar-refractivity contribution >= 4 is 6.09 Å². The van der Waals surface area contributed by atoms with Crippen molar-refractivity contribution in [1.82, 2.24) is 4.90 Å². The summed E-state index contributed by atoms with van der Waals surface area (Å²) < 4.78 is 16.9. The molecule has 1 aliphatic rings. The largest absolute Gasteiger partial charge is 0.444 e. The van der Waals surface area contributed by atoms with Gasteiger partial charge in [-0.05, 0) is 46.5 Å². The maximum atomic E-state index is 12.0. The minimum atomic E-state index is -0.442. The molecule has 0 spiro atoms. The second kappa shape index (κ2) is 8.16. The van der Waals surface area contributed by atoms with E-state index in [1.807, 2.05) is 20.8 Å². The first-order chi connectivity index (χ1) is 10.1. The lowest BCUT2D eigenvalue weighted by Crippen LogP contribution is -2.48. The summed E-state index contributed by atoms with van der Waals surface area (Å²) in [5.41, 5.74) is -0.609. The van der Waals surface area contributed by atoms with Crippen LogP contribution in [0.2, 0.25) is 0 Å². The summed E-state index contributed by atoms with van der Waals surface area (Å²) in [6, 6.07) is 0. The Morgan fingerprint density at radius 1 is 1.18 bits per heavy atom. The van der Waals surface area contributed by atoms with E-state index in [0.717, 1.165) is 19.4 Å². The summed E-state index contributed by atoms with van der Waals surface area (Å²) in [6.07, 6.45) is 1.43. The van der Waals surface area contributed by atoms with Gasteiger partial charge in [0.2, 0.25) is 0 Å². The van der Waals surface area contributed by atoms with Crippen molar-refractivity contribution < 1.29 is 19.0 Å². The Hall–Kier alpha value is -0.810. The van der Waals surface area contributed by atoms with Crippen LogP contribution in [-0.2, 0) is 14.2 Å². The highest BCUT2D eigenvalue weighted by Gasteiger charge is 2.34. The molecule has 0 radical (unpaired) electrons. The van der Waals surface area contributed by atoms with Crippen molar-refractivity contribution in [3.63, 3.8) is 0 Å². The van der Waals surface area contributed by atoms with E-state index in [1.165, 1.54) is 0 Å². The fourth-order valence-corrected chi connectivity index (χ4v) is 2.30. The Morgan fingerprint density at radius 2 is 1.77 bits per heavy atom. The first-order valence-corrected chi connectivity index (χ1v) is 8.31. The molecule has 1 rings (SSSR count). The molecule has 22 heavy (non-hydrogen) atoms. The van der Waals surface area contributed by atoms with Crippen molar-refractivity contribution in [2.24, 2.45) is 5.92 Å². The van der Waals surface area contributed by atoms with E-state index in [-0.39, 0.29) is 11.7 Å². The molecule has 0 bridgehead atoms. The maximum absolute atomic E-state index is 12.0. The van der Waals surface area contributed by atoms with Crippen LogP contribution < -0.4 is 0 Å². The number of carbonyl (C=O) groups excluding carboxylic acids is 1. The van der Waals surface area contributed by atoms with Gasteiger partial charge in [0.15, 0.2) is 0 Å². The van der Waals surface area contributed by atoms with Crippen molar-refractivity contribution in [2.75, 3.05) is 32.9 Å². The summed E-state index contributed by atoms with van der Waals surface area (Å²) in [7, 11) is 0. The van der Waals surface area contributed by atoms with E-state index in [0.29, 0.717) is 32.2 Å². The number of carbonyl (C=O) groups is 1. The summed E-state index contributed by atoms with van der Waals surface area (Å²) in [5, 5.41) is 0. The average molecular weight is 315 g/mol. The number of piperidine rings is 1. The topological polar surface area (TPSA) is 48.0 Å². The lowest BCUT2D eigenvalue weighted by atomic mass is 9.93. The second-order valence-electron chi connectivity index (χ2n) is 7.73. The Labute approximate surface area is 135 Å². The van der Waals surface area contributed by atoms with Gasteiger partial charge < -0.3 is 19.1 Å². The van der Waals surface area contributed by atoms with Gasteiger partial charge in [0.25, 0.3) is 0 Å². The molecular weight excluding hydrogens is 282 g/mol. The van der Waals surface area contributed by atoms with Crippen molar-refractivity contribution in [2.45, 2.75) is 65.6 Å². The van der Waals surface area contributed by atoms with E-state index < -0.39 is 5.60 Å². The molecule has 0 aromatic rings. The van der Waals surface area contributed by atoms with Gasteiger partial charge in [-0.3, -0.25) is 0 Å². The van der Waals surface area contributed by atoms with Crippen LogP contribution in [0, 0.1) is 5.92 Å². The molecule has 5 nitrogen and oxygen atoms in total. The number of amides is 1. The SMILES string of the molecule is CC(C)COCCOC1(C)CCN(C(=O)OC(C)(C)C)CC1. The normalized spacial score (nSPS) is 18.6. The average Bonchev–Trinajstić information content (AvgIpc) is 2.36. The predicted octanol–water partition coefficient (Wildman–Crippen LogP) is 3.47. The lowest BCUT2D eigenvalue weighted by molar-refractivity contribution is -0.0890. The van der Waals surface area contributed by atoms with Crippen LogP contribution in [0.1, 0.15) is 54.4 Å². The highest BCUT2D eigenvalue weighted by molar-refractivity contribution is 5.68. The molecule has 1 amide bonds. The predicted molar refractivity (Wildman–Crippen MR) is 87.1 cm³/mol. The quantitative estimate of drug-likeness (QED) is 0.704. The van der Waals surface area contributed by atoms with E-state index in [9.17, 15) is 4.79 Å². The Morgan fingerprint density at radius 3 is 2.27 bits per heavy atom. The lowest BCUT2D eigenvalue weighted by Gasteiger charge is -2.39. The molecule has 1 saturated heterocycles. The van der Waals surface area contributed by atoms with Crippen LogP contribution in [0.15, 0.2) is 0 Å². The van der Waals surface area contributed by atoms with Gasteiger partial charge in [-0.25, -0.2) is 4.79 Å². The molecule has 0 aromatic carbocycles. The van der Waals surface area contributed by atoms with E-state index in [4.69, 9.17) is 14.2 Å². The molecule has 0 N–H and O–H groups in total. The van der Waals surface area contributed by atoms with Crippen molar-refractivity contribution in [1.29, 1.82) is 0 Å². The van der Waals surface area contributed by atoms with Gasteiger partial charge in [-0.1, -0.05) is 13.8 Å². The van der Waals surface area contributed by atoms with Crippen LogP contribution in [0.3, 0.4) is 0 Å². The Balaban J connectivity index is 2.26. The minimum absolute atomic E-state index is 0.167. The first kappa shape index (κ1) is 19.2. The highest BCUT2D eigenvalue weighted by Crippen LogP contribution is 2.26. The van der Waals surface area contributed by atoms with Crippen molar-refractivity contribution in [3.8, 4) is 0 Å². The van der Waals surface area contributed by atoms with E-state index in [2.05, 4.69) is 20.8 Å². The third-order valence-corrected chi connectivity index (χ3v) is 3.60. The fourth-order valence-electron chi connectivity index (χ4n) is 2.30. The molecule has 0 atom stereocenters. The minimum Gasteiger partial charge on any atom is -0.444 e. The van der Waals surface area contributed by atoms with E-state index >= 15 is 0 Å². The zero-order valence-electron chi connectivity index (χ0n) is 15.1. The number of rotatable bonds is 6. The summed E-state index contributed by atoms with van der Waals surface area (Å²) >= 11 is 0. The van der Waals surface area contributed by atoms with Crippen molar-refractivity contribution in [3.05, 3.63) is 0 Å². The second-order valence-corrected chi connectivity index (χ2v) is 7.73. The van der Waals surface area contributed by atoms with Crippen LogP contribution >= 0.6 is 0 Å². The summed E-state index contributed by atoms with van der Waals surface area (Å²) in [5.74, 6) is 0.549. The number of ether oxygens (including phenoxy) is 3. The smallest absolute Gasteiger partial charge is 0.410 e. The highest BCUT2D eigenvalue weighted by atomic mass is 16.6. The van der Waals surface area contributed by atoms with Gasteiger partial charge in [-0.15, -0.1) is 0 Å². The Kier molecular flexibility index (Phi) is 7.13. The monoisotopic (exact) mass is 315 g/mol. The number of likely N-dealkylation sites (tertiary alicyclic amines) is 1. The van der Waals surface area contributed by atoms with Gasteiger partial charge in [-0.2, -0.15) is 0 Å². The molecular formula is C17H33NO4. The fraction of sp³-hybridized carbons (Fsp3) is 0.941. The molecule has 1 fully saturated rings. The van der Waals surface area contributed by atoms with Gasteiger partial charge in [0.05, 0.1) is 18.8 Å². The third-order valence-electron chi connectivity index (χ3n) is 3.60. The van der Waals surface area contributed by atoms with Crippen LogP contribution in [0.25, 0.3) is 0 Å². The third kappa shape index (κ3) is 7.45. The number of hydrogen-bond donors (Lipinski definition) is 0. The van der Waals surface area contributed by atoms with Gasteiger partial charge >= 0.3 is 6.09 Å². The van der Waals surface area contributed by atoms with Gasteiger partial charge in [0, 0.05) is 19.7 Å². The van der Waals surface area contributed by atoms with E-state index in [1.54, 1.807) is 4.90 Å². The van der Waals surface area contributed by atoms with Gasteiger partial charge in [0.1, 0.15) is 5.60 Å². The van der Waals surface area contributed by atoms with Crippen LogP contribution in [0.4, 0.5) is 4.79 Å². The number of hydrogen-bond acceptors (Lipinski definition) is 4. The molecule has 0 aromatic heterocycles.